The molecule has 5 nitrogen and oxygen atoms in total. The molecule has 112 valence electrons. The third kappa shape index (κ3) is 2.31. The van der Waals surface area contributed by atoms with Crippen molar-refractivity contribution in [2.24, 2.45) is 0 Å². The standard InChI is InChI=1S/C16H20N2O3/c1-16(15(20)21)7-4-8-18(16)14(19)13-9-11-5-2-3-6-12(11)10-17-13/h2-3,5-6,13,17H,4,7-10H2,1H3,(H,20,21)/t13-,16?/m1/s1. The number of rotatable bonds is 2. The van der Waals surface area contributed by atoms with Gasteiger partial charge in [0.05, 0.1) is 6.04 Å². The SMILES string of the molecule is CC1(C(=O)O)CCCN1C(=O)[C@H]1Cc2ccccc2CN1. The van der Waals surface area contributed by atoms with Crippen molar-refractivity contribution in [2.45, 2.75) is 44.3 Å². The number of benzene rings is 1. The Morgan fingerprint density at radius 3 is 2.76 bits per heavy atom. The lowest BCUT2D eigenvalue weighted by atomic mass is 9.93. The summed E-state index contributed by atoms with van der Waals surface area (Å²) in [4.78, 5) is 25.8. The number of fused-ring (bicyclic) bond motifs is 1. The van der Waals surface area contributed by atoms with E-state index in [1.807, 2.05) is 18.2 Å². The summed E-state index contributed by atoms with van der Waals surface area (Å²) in [5.74, 6) is -1.00. The van der Waals surface area contributed by atoms with Crippen molar-refractivity contribution in [3.05, 3.63) is 35.4 Å². The average molecular weight is 288 g/mol. The van der Waals surface area contributed by atoms with Gasteiger partial charge in [-0.05, 0) is 37.3 Å². The highest BCUT2D eigenvalue weighted by Gasteiger charge is 2.47. The van der Waals surface area contributed by atoms with Crippen LogP contribution in [0.1, 0.15) is 30.9 Å². The Hall–Kier alpha value is -1.88. The second-order valence-electron chi connectivity index (χ2n) is 6.08. The van der Waals surface area contributed by atoms with Gasteiger partial charge in [0.15, 0.2) is 0 Å². The summed E-state index contributed by atoms with van der Waals surface area (Å²) in [5, 5.41) is 12.7. The molecule has 0 bridgehead atoms. The Morgan fingerprint density at radius 1 is 1.33 bits per heavy atom. The Labute approximate surface area is 123 Å². The molecule has 0 spiro atoms. The third-order valence-corrected chi connectivity index (χ3v) is 4.75. The largest absolute Gasteiger partial charge is 0.480 e. The van der Waals surface area contributed by atoms with E-state index in [0.29, 0.717) is 25.9 Å². The van der Waals surface area contributed by atoms with E-state index in [9.17, 15) is 14.7 Å². The second-order valence-corrected chi connectivity index (χ2v) is 6.08. The van der Waals surface area contributed by atoms with E-state index in [1.54, 1.807) is 11.8 Å². The number of nitrogens with zero attached hydrogens (tertiary/aromatic N) is 1. The number of carbonyl (C=O) groups excluding carboxylic acids is 1. The molecule has 1 aromatic rings. The van der Waals surface area contributed by atoms with Crippen molar-refractivity contribution >= 4 is 11.9 Å². The van der Waals surface area contributed by atoms with Crippen LogP contribution in [0, 0.1) is 0 Å². The fraction of sp³-hybridized carbons (Fsp3) is 0.500. The topological polar surface area (TPSA) is 69.6 Å². The van der Waals surface area contributed by atoms with E-state index in [2.05, 4.69) is 11.4 Å². The summed E-state index contributed by atoms with van der Waals surface area (Å²) >= 11 is 0. The van der Waals surface area contributed by atoms with E-state index >= 15 is 0 Å². The number of likely N-dealkylation sites (tertiary alicyclic amines) is 1. The maximum Gasteiger partial charge on any atom is 0.329 e. The minimum Gasteiger partial charge on any atom is -0.480 e. The molecule has 2 heterocycles. The summed E-state index contributed by atoms with van der Waals surface area (Å²) < 4.78 is 0. The first-order chi connectivity index (χ1) is 10.0. The van der Waals surface area contributed by atoms with Gasteiger partial charge in [-0.15, -0.1) is 0 Å². The third-order valence-electron chi connectivity index (χ3n) is 4.75. The molecule has 1 amide bonds. The number of carboxylic acids is 1. The Balaban J connectivity index is 1.79. The molecule has 3 rings (SSSR count). The zero-order valence-corrected chi connectivity index (χ0v) is 12.1. The van der Waals surface area contributed by atoms with Crippen LogP contribution in [0.4, 0.5) is 0 Å². The molecule has 2 aliphatic rings. The van der Waals surface area contributed by atoms with Gasteiger partial charge in [-0.25, -0.2) is 4.79 Å². The van der Waals surface area contributed by atoms with Crippen molar-refractivity contribution in [1.82, 2.24) is 10.2 Å². The number of hydrogen-bond donors (Lipinski definition) is 2. The fourth-order valence-electron chi connectivity index (χ4n) is 3.36. The van der Waals surface area contributed by atoms with E-state index in [0.717, 1.165) is 6.42 Å². The van der Waals surface area contributed by atoms with Gasteiger partial charge in [0.2, 0.25) is 5.91 Å². The second kappa shape index (κ2) is 5.15. The molecular weight excluding hydrogens is 268 g/mol. The van der Waals surface area contributed by atoms with Gasteiger partial charge in [0, 0.05) is 13.1 Å². The van der Waals surface area contributed by atoms with Crippen LogP contribution in [0.25, 0.3) is 0 Å². The molecule has 2 N–H and O–H groups in total. The molecule has 2 aliphatic heterocycles. The summed E-state index contributed by atoms with van der Waals surface area (Å²) in [5.41, 5.74) is 1.32. The van der Waals surface area contributed by atoms with Gasteiger partial charge in [-0.3, -0.25) is 4.79 Å². The number of amides is 1. The van der Waals surface area contributed by atoms with Crippen molar-refractivity contribution in [3.8, 4) is 0 Å². The number of hydrogen-bond acceptors (Lipinski definition) is 3. The van der Waals surface area contributed by atoms with Crippen LogP contribution in [0.2, 0.25) is 0 Å². The highest BCUT2D eigenvalue weighted by molar-refractivity contribution is 5.90. The Kier molecular flexibility index (Phi) is 3.45. The lowest BCUT2D eigenvalue weighted by molar-refractivity contribution is -0.156. The van der Waals surface area contributed by atoms with Gasteiger partial charge >= 0.3 is 5.97 Å². The molecule has 0 saturated carbocycles. The number of carboxylic acid groups (broad SMARTS) is 1. The summed E-state index contributed by atoms with van der Waals surface area (Å²) in [6, 6.07) is 7.74. The van der Waals surface area contributed by atoms with Gasteiger partial charge in [0.1, 0.15) is 5.54 Å². The van der Waals surface area contributed by atoms with Crippen LogP contribution in [-0.2, 0) is 22.6 Å². The maximum absolute atomic E-state index is 12.7. The molecule has 0 aromatic heterocycles. The molecule has 5 heteroatoms. The lowest BCUT2D eigenvalue weighted by Gasteiger charge is -2.35. The molecular formula is C16H20N2O3. The van der Waals surface area contributed by atoms with E-state index in [4.69, 9.17) is 0 Å². The van der Waals surface area contributed by atoms with Crippen molar-refractivity contribution in [1.29, 1.82) is 0 Å². The van der Waals surface area contributed by atoms with E-state index in [-0.39, 0.29) is 11.9 Å². The van der Waals surface area contributed by atoms with Crippen LogP contribution in [0.5, 0.6) is 0 Å². The smallest absolute Gasteiger partial charge is 0.329 e. The zero-order valence-electron chi connectivity index (χ0n) is 12.1. The van der Waals surface area contributed by atoms with Crippen LogP contribution in [0.3, 0.4) is 0 Å². The lowest BCUT2D eigenvalue weighted by Crippen LogP contribution is -2.57. The highest BCUT2D eigenvalue weighted by atomic mass is 16.4. The molecule has 1 fully saturated rings. The first-order valence-corrected chi connectivity index (χ1v) is 7.37. The number of carbonyl (C=O) groups is 2. The summed E-state index contributed by atoms with van der Waals surface area (Å²) in [6.45, 7) is 2.84. The minimum atomic E-state index is -1.06. The molecule has 1 aromatic carbocycles. The zero-order chi connectivity index (χ0) is 15.0. The van der Waals surface area contributed by atoms with Crippen LogP contribution >= 0.6 is 0 Å². The molecule has 21 heavy (non-hydrogen) atoms. The highest BCUT2D eigenvalue weighted by Crippen LogP contribution is 2.30. The van der Waals surface area contributed by atoms with Crippen molar-refractivity contribution < 1.29 is 14.7 Å². The summed E-state index contributed by atoms with van der Waals surface area (Å²) in [7, 11) is 0. The number of aliphatic carboxylic acids is 1. The average Bonchev–Trinajstić information content (AvgIpc) is 2.89. The van der Waals surface area contributed by atoms with Gasteiger partial charge < -0.3 is 15.3 Å². The minimum absolute atomic E-state index is 0.0908. The molecule has 1 unspecified atom stereocenters. The van der Waals surface area contributed by atoms with E-state index < -0.39 is 11.5 Å². The van der Waals surface area contributed by atoms with Gasteiger partial charge in [-0.1, -0.05) is 24.3 Å². The monoisotopic (exact) mass is 288 g/mol. The number of nitrogens with one attached hydrogen (secondary N) is 1. The first kappa shape index (κ1) is 14.1. The van der Waals surface area contributed by atoms with E-state index in [1.165, 1.54) is 11.1 Å². The maximum atomic E-state index is 12.7. The predicted molar refractivity (Wildman–Crippen MR) is 77.8 cm³/mol. The van der Waals surface area contributed by atoms with Crippen molar-refractivity contribution in [3.63, 3.8) is 0 Å². The van der Waals surface area contributed by atoms with Crippen LogP contribution in [0.15, 0.2) is 24.3 Å². The fourth-order valence-corrected chi connectivity index (χ4v) is 3.36. The quantitative estimate of drug-likeness (QED) is 0.857. The van der Waals surface area contributed by atoms with Gasteiger partial charge in [0.25, 0.3) is 0 Å². The first-order valence-electron chi connectivity index (χ1n) is 7.37. The van der Waals surface area contributed by atoms with Crippen LogP contribution in [-0.4, -0.2) is 40.0 Å². The molecule has 1 saturated heterocycles. The summed E-state index contributed by atoms with van der Waals surface area (Å²) in [6.07, 6.45) is 1.90. The normalized spacial score (nSPS) is 28.2. The Morgan fingerprint density at radius 2 is 2.05 bits per heavy atom. The predicted octanol–water partition coefficient (Wildman–Crippen LogP) is 1.17. The molecule has 2 atom stereocenters. The Bertz CT molecular complexity index is 587. The van der Waals surface area contributed by atoms with Crippen LogP contribution < -0.4 is 5.32 Å². The molecule has 0 aliphatic carbocycles. The van der Waals surface area contributed by atoms with Crippen molar-refractivity contribution in [2.75, 3.05) is 6.54 Å². The molecule has 0 radical (unpaired) electrons. The van der Waals surface area contributed by atoms with Gasteiger partial charge in [-0.2, -0.15) is 0 Å².